The van der Waals surface area contributed by atoms with Crippen molar-refractivity contribution in [1.82, 2.24) is 0 Å². The molecule has 0 saturated carbocycles. The second-order valence-electron chi connectivity index (χ2n) is 1.47. The van der Waals surface area contributed by atoms with E-state index < -0.39 is 0 Å². The molecule has 34 valence electrons. The van der Waals surface area contributed by atoms with Crippen LogP contribution in [0.1, 0.15) is 0 Å². The Morgan fingerprint density at radius 1 is 1.43 bits per heavy atom. The molecular weight excluding hydrogens is 90.9 g/mol. The first-order chi connectivity index (χ1) is 3.45. The predicted octanol–water partition coefficient (Wildman–Crippen LogP) is 0.472. The summed E-state index contributed by atoms with van der Waals surface area (Å²) in [7, 11) is -0.0694. The van der Waals surface area contributed by atoms with Crippen LogP contribution in [0.5, 0.6) is 0 Å². The second kappa shape index (κ2) is 0.859. The number of fused-ring (bicyclic) bond motifs is 1. The summed E-state index contributed by atoms with van der Waals surface area (Å²) in [6, 6.07) is 0. The monoisotopic (exact) mass is 94.0 g/mol. The minimum atomic E-state index is -0.0694. The van der Waals surface area contributed by atoms with Crippen molar-refractivity contribution in [3.63, 3.8) is 0 Å². The zero-order valence-electron chi connectivity index (χ0n) is 3.63. The standard InChI is InChI=1S/C4H3BO2/c1-2-4-6-5(3-1)7-4/h1-3H. The molecule has 0 N–H and O–H groups in total. The zero-order chi connectivity index (χ0) is 4.69. The number of hydrogen-bond donors (Lipinski definition) is 0. The van der Waals surface area contributed by atoms with Gasteiger partial charge in [-0.3, -0.25) is 0 Å². The van der Waals surface area contributed by atoms with E-state index in [0.29, 0.717) is 5.95 Å². The van der Waals surface area contributed by atoms with Gasteiger partial charge in [-0.15, -0.1) is 0 Å². The molecule has 0 aromatic heterocycles. The molecule has 0 atom stereocenters. The maximum Gasteiger partial charge on any atom is 0.628 e. The van der Waals surface area contributed by atoms with Crippen molar-refractivity contribution in [1.29, 1.82) is 0 Å². The lowest BCUT2D eigenvalue weighted by Gasteiger charge is -2.27. The zero-order valence-corrected chi connectivity index (χ0v) is 3.63. The third-order valence-electron chi connectivity index (χ3n) is 0.965. The van der Waals surface area contributed by atoms with E-state index in [0.717, 1.165) is 0 Å². The van der Waals surface area contributed by atoms with Crippen LogP contribution in [-0.2, 0) is 9.31 Å². The van der Waals surface area contributed by atoms with Crippen LogP contribution in [0, 0.1) is 0 Å². The van der Waals surface area contributed by atoms with Crippen LogP contribution < -0.4 is 0 Å². The molecule has 2 bridgehead atoms. The summed E-state index contributed by atoms with van der Waals surface area (Å²) in [6.45, 7) is 0. The Hall–Kier alpha value is -0.855. The molecule has 0 spiro atoms. The normalized spacial score (nSPS) is 21.7. The maximum absolute atomic E-state index is 4.93. The van der Waals surface area contributed by atoms with Crippen LogP contribution in [0.2, 0.25) is 0 Å². The SMILES string of the molecule is C1=CB2OC(=C1)O2. The van der Waals surface area contributed by atoms with Gasteiger partial charge in [0.15, 0.2) is 0 Å². The molecule has 1 saturated heterocycles. The second-order valence-corrected chi connectivity index (χ2v) is 1.47. The highest BCUT2D eigenvalue weighted by atomic mass is 16.8. The minimum Gasteiger partial charge on any atom is -0.496 e. The maximum atomic E-state index is 4.93. The molecule has 0 aromatic rings. The first-order valence-electron chi connectivity index (χ1n) is 2.17. The Kier molecular flexibility index (Phi) is 0.391. The van der Waals surface area contributed by atoms with Crippen molar-refractivity contribution in [2.45, 2.75) is 0 Å². The van der Waals surface area contributed by atoms with Gasteiger partial charge in [-0.1, -0.05) is 6.08 Å². The van der Waals surface area contributed by atoms with Gasteiger partial charge in [0, 0.05) is 6.08 Å². The van der Waals surface area contributed by atoms with Crippen LogP contribution in [0.15, 0.2) is 24.1 Å². The first-order valence-corrected chi connectivity index (χ1v) is 2.17. The van der Waals surface area contributed by atoms with E-state index in [2.05, 4.69) is 0 Å². The number of rotatable bonds is 0. The van der Waals surface area contributed by atoms with E-state index in [4.69, 9.17) is 9.31 Å². The van der Waals surface area contributed by atoms with Crippen molar-refractivity contribution in [3.8, 4) is 0 Å². The summed E-state index contributed by atoms with van der Waals surface area (Å²) in [5, 5.41) is 0. The summed E-state index contributed by atoms with van der Waals surface area (Å²) in [4.78, 5) is 0. The Bertz CT molecular complexity index is 142. The van der Waals surface area contributed by atoms with E-state index in [9.17, 15) is 0 Å². The molecule has 1 fully saturated rings. The van der Waals surface area contributed by atoms with E-state index in [-0.39, 0.29) is 7.12 Å². The van der Waals surface area contributed by atoms with Crippen molar-refractivity contribution in [3.05, 3.63) is 24.1 Å². The Morgan fingerprint density at radius 3 is 2.43 bits per heavy atom. The highest BCUT2D eigenvalue weighted by Gasteiger charge is 2.33. The van der Waals surface area contributed by atoms with Crippen molar-refractivity contribution < 1.29 is 9.31 Å². The summed E-state index contributed by atoms with van der Waals surface area (Å²) in [6.07, 6.45) is 3.72. The van der Waals surface area contributed by atoms with Gasteiger partial charge in [0.1, 0.15) is 0 Å². The predicted molar refractivity (Wildman–Crippen MR) is 25.1 cm³/mol. The molecule has 0 unspecified atom stereocenters. The average Bonchev–Trinajstić information content (AvgIpc) is 1.67. The molecule has 3 heteroatoms. The molecule has 0 radical (unpaired) electrons. The lowest BCUT2D eigenvalue weighted by molar-refractivity contribution is 0.0955. The summed E-state index contributed by atoms with van der Waals surface area (Å²) in [5.41, 5.74) is 0. The lowest BCUT2D eigenvalue weighted by atomic mass is 9.85. The van der Waals surface area contributed by atoms with E-state index >= 15 is 0 Å². The molecule has 3 rings (SSSR count). The number of hydrogen-bond acceptors (Lipinski definition) is 2. The van der Waals surface area contributed by atoms with E-state index in [1.54, 1.807) is 6.08 Å². The molecule has 3 heterocycles. The summed E-state index contributed by atoms with van der Waals surface area (Å²) < 4.78 is 9.85. The van der Waals surface area contributed by atoms with Crippen molar-refractivity contribution in [2.75, 3.05) is 0 Å². The molecule has 0 amide bonds. The first kappa shape index (κ1) is 3.19. The third-order valence-corrected chi connectivity index (χ3v) is 0.965. The molecule has 2 nitrogen and oxygen atoms in total. The van der Waals surface area contributed by atoms with Crippen LogP contribution in [0.25, 0.3) is 0 Å². The fourth-order valence-electron chi connectivity index (χ4n) is 0.620. The largest absolute Gasteiger partial charge is 0.628 e. The molecular formula is C4H3BO2. The van der Waals surface area contributed by atoms with Crippen LogP contribution in [-0.4, -0.2) is 7.12 Å². The van der Waals surface area contributed by atoms with Gasteiger partial charge < -0.3 is 9.31 Å². The van der Waals surface area contributed by atoms with E-state index in [1.165, 1.54) is 0 Å². The summed E-state index contributed by atoms with van der Waals surface area (Å²) in [5.74, 6) is 2.50. The van der Waals surface area contributed by atoms with Gasteiger partial charge in [0.25, 0.3) is 0 Å². The highest BCUT2D eigenvalue weighted by Crippen LogP contribution is 2.21. The smallest absolute Gasteiger partial charge is 0.496 e. The van der Waals surface area contributed by atoms with Gasteiger partial charge in [-0.05, 0) is 5.98 Å². The Balaban J connectivity index is 2.36. The van der Waals surface area contributed by atoms with Gasteiger partial charge in [-0.2, -0.15) is 0 Å². The molecule has 3 aliphatic rings. The Morgan fingerprint density at radius 2 is 2.29 bits per heavy atom. The van der Waals surface area contributed by atoms with Gasteiger partial charge in [-0.25, -0.2) is 0 Å². The van der Waals surface area contributed by atoms with Gasteiger partial charge in [0.05, 0.1) is 0 Å². The average molecular weight is 93.9 g/mol. The van der Waals surface area contributed by atoms with Crippen molar-refractivity contribution >= 4 is 7.12 Å². The third kappa shape index (κ3) is 0.295. The van der Waals surface area contributed by atoms with Crippen molar-refractivity contribution in [2.24, 2.45) is 0 Å². The Labute approximate surface area is 41.6 Å². The summed E-state index contributed by atoms with van der Waals surface area (Å²) >= 11 is 0. The fourth-order valence-corrected chi connectivity index (χ4v) is 0.620. The quantitative estimate of drug-likeness (QED) is 0.406. The van der Waals surface area contributed by atoms with Gasteiger partial charge >= 0.3 is 7.12 Å². The highest BCUT2D eigenvalue weighted by molar-refractivity contribution is 6.54. The van der Waals surface area contributed by atoms with Gasteiger partial charge in [0.2, 0.25) is 5.95 Å². The van der Waals surface area contributed by atoms with Crippen LogP contribution >= 0.6 is 0 Å². The molecule has 0 aromatic carbocycles. The molecule has 0 aliphatic carbocycles. The molecule has 3 aliphatic heterocycles. The van der Waals surface area contributed by atoms with Crippen LogP contribution in [0.4, 0.5) is 0 Å². The van der Waals surface area contributed by atoms with E-state index in [1.807, 2.05) is 12.1 Å². The lowest BCUT2D eigenvalue weighted by Crippen LogP contribution is -2.33. The number of allylic oxidation sites excluding steroid dienone is 2. The molecule has 7 heavy (non-hydrogen) atoms. The van der Waals surface area contributed by atoms with Crippen LogP contribution in [0.3, 0.4) is 0 Å². The fraction of sp³-hybridized carbons (Fsp3) is 0. The topological polar surface area (TPSA) is 18.5 Å². The minimum absolute atomic E-state index is 0.0694.